The third-order valence-corrected chi connectivity index (χ3v) is 5.33. The van der Waals surface area contributed by atoms with E-state index < -0.39 is 0 Å². The van der Waals surface area contributed by atoms with Gasteiger partial charge in [-0.1, -0.05) is 63.2 Å². The van der Waals surface area contributed by atoms with Crippen molar-refractivity contribution in [3.8, 4) is 11.1 Å². The van der Waals surface area contributed by atoms with Gasteiger partial charge in [0.05, 0.1) is 0 Å². The van der Waals surface area contributed by atoms with Gasteiger partial charge in [-0.3, -0.25) is 0 Å². The van der Waals surface area contributed by atoms with E-state index in [1.54, 1.807) is 0 Å². The van der Waals surface area contributed by atoms with Crippen molar-refractivity contribution >= 4 is 11.8 Å². The van der Waals surface area contributed by atoms with Crippen LogP contribution < -0.4 is 5.73 Å². The van der Waals surface area contributed by atoms with Crippen LogP contribution in [0.1, 0.15) is 43.5 Å². The summed E-state index contributed by atoms with van der Waals surface area (Å²) >= 11 is 1.93. The molecule has 1 aliphatic rings. The first kappa shape index (κ1) is 14.7. The van der Waals surface area contributed by atoms with Gasteiger partial charge in [0.2, 0.25) is 0 Å². The molecule has 0 bridgehead atoms. The molecular weight excluding hydrogens is 274 g/mol. The van der Waals surface area contributed by atoms with Crippen molar-refractivity contribution in [2.24, 2.45) is 5.73 Å². The van der Waals surface area contributed by atoms with E-state index in [2.05, 4.69) is 63.2 Å². The second-order valence-corrected chi connectivity index (χ2v) is 8.63. The molecule has 0 saturated carbocycles. The molecule has 3 rings (SSSR count). The minimum Gasteiger partial charge on any atom is -0.323 e. The predicted molar refractivity (Wildman–Crippen MR) is 93.8 cm³/mol. The Hall–Kier alpha value is -1.25. The Balaban J connectivity index is 1.81. The Morgan fingerprint density at radius 3 is 2.52 bits per heavy atom. The Morgan fingerprint density at radius 2 is 1.76 bits per heavy atom. The topological polar surface area (TPSA) is 26.0 Å². The number of rotatable bonds is 3. The van der Waals surface area contributed by atoms with Crippen LogP contribution in [-0.4, -0.2) is 10.5 Å². The fourth-order valence-corrected chi connectivity index (χ4v) is 3.70. The Labute approximate surface area is 132 Å². The number of nitrogens with two attached hydrogens (primary N) is 1. The van der Waals surface area contributed by atoms with E-state index in [-0.39, 0.29) is 10.8 Å². The Morgan fingerprint density at radius 1 is 1.05 bits per heavy atom. The van der Waals surface area contributed by atoms with E-state index in [1.165, 1.54) is 27.8 Å². The molecule has 0 saturated heterocycles. The molecule has 0 amide bonds. The smallest absolute Gasteiger partial charge is 0.0387 e. The molecule has 0 aromatic heterocycles. The fraction of sp³-hybridized carbons (Fsp3) is 0.368. The molecule has 0 aliphatic heterocycles. The SMILES string of the molecule is CC(C)(C)SCC(N)c1ccc2c(c1)Cc1ccccc1-2. The third kappa shape index (κ3) is 3.17. The molecule has 1 nitrogen and oxygen atoms in total. The molecule has 2 aromatic rings. The summed E-state index contributed by atoms with van der Waals surface area (Å²) in [5.74, 6) is 0.967. The lowest BCUT2D eigenvalue weighted by molar-refractivity contribution is 0.778. The maximum absolute atomic E-state index is 6.38. The highest BCUT2D eigenvalue weighted by Crippen LogP contribution is 2.38. The highest BCUT2D eigenvalue weighted by Gasteiger charge is 2.20. The van der Waals surface area contributed by atoms with Crippen LogP contribution in [0.5, 0.6) is 0 Å². The number of hydrogen-bond donors (Lipinski definition) is 1. The second kappa shape index (κ2) is 5.51. The first-order chi connectivity index (χ1) is 9.94. The molecule has 0 heterocycles. The highest BCUT2D eigenvalue weighted by atomic mass is 32.2. The summed E-state index contributed by atoms with van der Waals surface area (Å²) in [5.41, 5.74) is 13.3. The van der Waals surface area contributed by atoms with Gasteiger partial charge in [0, 0.05) is 16.5 Å². The summed E-state index contributed by atoms with van der Waals surface area (Å²) in [6.07, 6.45) is 1.04. The molecule has 110 valence electrons. The van der Waals surface area contributed by atoms with Crippen LogP contribution in [0, 0.1) is 0 Å². The van der Waals surface area contributed by atoms with Crippen molar-refractivity contribution in [2.75, 3.05) is 5.75 Å². The van der Waals surface area contributed by atoms with Crippen LogP contribution >= 0.6 is 11.8 Å². The lowest BCUT2D eigenvalue weighted by Gasteiger charge is -2.21. The summed E-state index contributed by atoms with van der Waals surface area (Å²) in [4.78, 5) is 0. The molecule has 2 heteroatoms. The molecule has 0 spiro atoms. The fourth-order valence-electron chi connectivity index (χ4n) is 2.83. The average Bonchev–Trinajstić information content (AvgIpc) is 2.81. The van der Waals surface area contributed by atoms with Gasteiger partial charge in [-0.25, -0.2) is 0 Å². The second-order valence-electron chi connectivity index (χ2n) is 6.78. The first-order valence-electron chi connectivity index (χ1n) is 7.55. The minimum atomic E-state index is 0.114. The van der Waals surface area contributed by atoms with Crippen molar-refractivity contribution in [1.29, 1.82) is 0 Å². The van der Waals surface area contributed by atoms with Gasteiger partial charge in [0.1, 0.15) is 0 Å². The normalized spacial score (nSPS) is 14.7. The molecular formula is C19H23NS. The zero-order valence-corrected chi connectivity index (χ0v) is 13.8. The van der Waals surface area contributed by atoms with Crippen LogP contribution in [0.4, 0.5) is 0 Å². The van der Waals surface area contributed by atoms with Crippen molar-refractivity contribution in [1.82, 2.24) is 0 Å². The first-order valence-corrected chi connectivity index (χ1v) is 8.53. The van der Waals surface area contributed by atoms with E-state index in [0.29, 0.717) is 0 Å². The number of benzene rings is 2. The van der Waals surface area contributed by atoms with Gasteiger partial charge in [0.15, 0.2) is 0 Å². The van der Waals surface area contributed by atoms with Gasteiger partial charge >= 0.3 is 0 Å². The van der Waals surface area contributed by atoms with E-state index in [9.17, 15) is 0 Å². The number of thioether (sulfide) groups is 1. The summed E-state index contributed by atoms with van der Waals surface area (Å²) < 4.78 is 0.268. The molecule has 0 radical (unpaired) electrons. The van der Waals surface area contributed by atoms with Crippen LogP contribution in [0.2, 0.25) is 0 Å². The van der Waals surface area contributed by atoms with Crippen LogP contribution in [-0.2, 0) is 6.42 Å². The van der Waals surface area contributed by atoms with Gasteiger partial charge in [0.25, 0.3) is 0 Å². The monoisotopic (exact) mass is 297 g/mol. The van der Waals surface area contributed by atoms with Gasteiger partial charge in [-0.2, -0.15) is 11.8 Å². The molecule has 1 unspecified atom stereocenters. The van der Waals surface area contributed by atoms with Crippen LogP contribution in [0.25, 0.3) is 11.1 Å². The summed E-state index contributed by atoms with van der Waals surface area (Å²) in [6, 6.07) is 15.6. The van der Waals surface area contributed by atoms with E-state index >= 15 is 0 Å². The largest absolute Gasteiger partial charge is 0.323 e. The lowest BCUT2D eigenvalue weighted by atomic mass is 10.0. The standard InChI is InChI=1S/C19H23NS/c1-19(2,3)21-12-18(20)14-8-9-17-15(11-14)10-13-6-4-5-7-16(13)17/h4-9,11,18H,10,12,20H2,1-3H3. The van der Waals surface area contributed by atoms with Crippen LogP contribution in [0.3, 0.4) is 0 Å². The van der Waals surface area contributed by atoms with Gasteiger partial charge in [-0.05, 0) is 34.2 Å². The van der Waals surface area contributed by atoms with E-state index in [0.717, 1.165) is 12.2 Å². The number of fused-ring (bicyclic) bond motifs is 3. The summed E-state index contributed by atoms with van der Waals surface area (Å²) in [5, 5.41) is 0. The Bertz CT molecular complexity index is 655. The van der Waals surface area contributed by atoms with E-state index in [1.807, 2.05) is 11.8 Å². The average molecular weight is 297 g/mol. The van der Waals surface area contributed by atoms with Gasteiger partial charge in [-0.15, -0.1) is 0 Å². The molecule has 1 aliphatic carbocycles. The molecule has 2 aromatic carbocycles. The molecule has 2 N–H and O–H groups in total. The predicted octanol–water partition coefficient (Wildman–Crippen LogP) is 4.79. The van der Waals surface area contributed by atoms with Crippen molar-refractivity contribution < 1.29 is 0 Å². The molecule has 21 heavy (non-hydrogen) atoms. The van der Waals surface area contributed by atoms with Crippen LogP contribution in [0.15, 0.2) is 42.5 Å². The highest BCUT2D eigenvalue weighted by molar-refractivity contribution is 8.00. The maximum Gasteiger partial charge on any atom is 0.0387 e. The zero-order valence-electron chi connectivity index (χ0n) is 13.0. The van der Waals surface area contributed by atoms with Crippen molar-refractivity contribution in [3.05, 3.63) is 59.2 Å². The molecule has 1 atom stereocenters. The summed E-state index contributed by atoms with van der Waals surface area (Å²) in [7, 11) is 0. The summed E-state index contributed by atoms with van der Waals surface area (Å²) in [6.45, 7) is 6.72. The Kier molecular flexibility index (Phi) is 3.85. The van der Waals surface area contributed by atoms with Crippen molar-refractivity contribution in [3.63, 3.8) is 0 Å². The third-order valence-electron chi connectivity index (χ3n) is 3.94. The quantitative estimate of drug-likeness (QED) is 0.752. The lowest BCUT2D eigenvalue weighted by Crippen LogP contribution is -2.18. The molecule has 0 fully saturated rings. The van der Waals surface area contributed by atoms with E-state index in [4.69, 9.17) is 5.73 Å². The zero-order chi connectivity index (χ0) is 15.0. The van der Waals surface area contributed by atoms with Crippen molar-refractivity contribution in [2.45, 2.75) is 38.0 Å². The maximum atomic E-state index is 6.38. The number of hydrogen-bond acceptors (Lipinski definition) is 2. The van der Waals surface area contributed by atoms with Gasteiger partial charge < -0.3 is 5.73 Å². The minimum absolute atomic E-state index is 0.114.